The third kappa shape index (κ3) is 1.75. The highest BCUT2D eigenvalue weighted by Crippen LogP contribution is 2.36. The lowest BCUT2D eigenvalue weighted by Gasteiger charge is -2.18. The van der Waals surface area contributed by atoms with Gasteiger partial charge >= 0.3 is 0 Å². The van der Waals surface area contributed by atoms with Crippen LogP contribution in [0.4, 0.5) is 4.39 Å². The van der Waals surface area contributed by atoms with Gasteiger partial charge in [0.1, 0.15) is 11.3 Å². The molecule has 5 heteroatoms. The second-order valence-electron chi connectivity index (χ2n) is 3.91. The zero-order chi connectivity index (χ0) is 12.0. The highest BCUT2D eigenvalue weighted by atomic mass is 79.9. The molecule has 0 amide bonds. The molecule has 1 aliphatic heterocycles. The van der Waals surface area contributed by atoms with Gasteiger partial charge in [-0.25, -0.2) is 9.37 Å². The van der Waals surface area contributed by atoms with Gasteiger partial charge in [-0.1, -0.05) is 27.5 Å². The van der Waals surface area contributed by atoms with Gasteiger partial charge in [0.05, 0.1) is 23.9 Å². The first kappa shape index (κ1) is 11.4. The molecule has 0 fully saturated rings. The molecule has 3 rings (SSSR count). The minimum atomic E-state index is -0.348. The largest absolute Gasteiger partial charge is 0.376 e. The Hall–Kier alpha value is -0.710. The Kier molecular flexibility index (Phi) is 2.81. The van der Waals surface area contributed by atoms with Crippen LogP contribution in [0.15, 0.2) is 16.6 Å². The summed E-state index contributed by atoms with van der Waals surface area (Å²) in [5.41, 5.74) is 2.03. The van der Waals surface area contributed by atoms with Crippen molar-refractivity contribution in [1.82, 2.24) is 4.98 Å². The molecule has 1 aromatic carbocycles. The van der Waals surface area contributed by atoms with Gasteiger partial charge in [0.2, 0.25) is 0 Å². The summed E-state index contributed by atoms with van der Waals surface area (Å²) in [5.74, 6) is -0.348. The van der Waals surface area contributed by atoms with E-state index in [-0.39, 0.29) is 5.82 Å². The Morgan fingerprint density at radius 1 is 1.41 bits per heavy atom. The van der Waals surface area contributed by atoms with Crippen LogP contribution in [0, 0.1) is 5.82 Å². The second kappa shape index (κ2) is 4.19. The van der Waals surface area contributed by atoms with Gasteiger partial charge in [0.15, 0.2) is 0 Å². The molecule has 0 saturated heterocycles. The molecular formula is C12H8BrClFNO. The maximum absolute atomic E-state index is 13.7. The van der Waals surface area contributed by atoms with Crippen LogP contribution in [0.2, 0.25) is 5.02 Å². The van der Waals surface area contributed by atoms with Crippen molar-refractivity contribution in [3.05, 3.63) is 38.7 Å². The summed E-state index contributed by atoms with van der Waals surface area (Å²) < 4.78 is 19.9. The lowest BCUT2D eigenvalue weighted by Crippen LogP contribution is -2.13. The molecule has 0 unspecified atom stereocenters. The Labute approximate surface area is 111 Å². The summed E-state index contributed by atoms with van der Waals surface area (Å²) in [4.78, 5) is 4.37. The molecule has 0 bridgehead atoms. The topological polar surface area (TPSA) is 22.1 Å². The van der Waals surface area contributed by atoms with Crippen LogP contribution in [0.3, 0.4) is 0 Å². The van der Waals surface area contributed by atoms with E-state index in [9.17, 15) is 4.39 Å². The normalized spacial score (nSPS) is 15.0. The highest BCUT2D eigenvalue weighted by Gasteiger charge is 2.20. The Balaban J connectivity index is 2.44. The van der Waals surface area contributed by atoms with Gasteiger partial charge in [-0.15, -0.1) is 0 Å². The quantitative estimate of drug-likeness (QED) is 0.736. The minimum absolute atomic E-state index is 0.324. The van der Waals surface area contributed by atoms with E-state index in [1.165, 1.54) is 6.07 Å². The van der Waals surface area contributed by atoms with Gasteiger partial charge < -0.3 is 4.74 Å². The minimum Gasteiger partial charge on any atom is -0.376 e. The van der Waals surface area contributed by atoms with Crippen molar-refractivity contribution >= 4 is 38.4 Å². The van der Waals surface area contributed by atoms with Crippen LogP contribution in [0.25, 0.3) is 10.9 Å². The summed E-state index contributed by atoms with van der Waals surface area (Å²) >= 11 is 9.70. The molecule has 0 atom stereocenters. The molecule has 1 aliphatic rings. The Morgan fingerprint density at radius 2 is 2.24 bits per heavy atom. The molecule has 2 heterocycles. The van der Waals surface area contributed by atoms with Gasteiger partial charge in [-0.2, -0.15) is 0 Å². The smallest absolute Gasteiger partial charge is 0.149 e. The number of fused-ring (bicyclic) bond motifs is 2. The van der Waals surface area contributed by atoms with Crippen molar-refractivity contribution in [1.29, 1.82) is 0 Å². The number of halogens is 3. The fourth-order valence-electron chi connectivity index (χ4n) is 2.04. The van der Waals surface area contributed by atoms with Crippen molar-refractivity contribution in [2.45, 2.75) is 13.0 Å². The summed E-state index contributed by atoms with van der Waals surface area (Å²) in [7, 11) is 0. The third-order valence-corrected chi connectivity index (χ3v) is 3.96. The van der Waals surface area contributed by atoms with E-state index in [2.05, 4.69) is 20.9 Å². The third-order valence-electron chi connectivity index (χ3n) is 2.89. The van der Waals surface area contributed by atoms with Crippen molar-refractivity contribution in [3.63, 3.8) is 0 Å². The molecule has 0 N–H and O–H groups in total. The lowest BCUT2D eigenvalue weighted by molar-refractivity contribution is 0.109. The van der Waals surface area contributed by atoms with E-state index in [4.69, 9.17) is 16.3 Å². The number of rotatable bonds is 0. The summed E-state index contributed by atoms with van der Waals surface area (Å²) in [6.07, 6.45) is 0.678. The number of nitrogens with zero attached hydrogens (tertiary/aromatic N) is 1. The molecular weight excluding hydrogens is 308 g/mol. The van der Waals surface area contributed by atoms with Crippen molar-refractivity contribution in [2.24, 2.45) is 0 Å². The van der Waals surface area contributed by atoms with Gasteiger partial charge in [-0.3, -0.25) is 0 Å². The van der Waals surface area contributed by atoms with Crippen molar-refractivity contribution < 1.29 is 9.13 Å². The number of aromatic nitrogens is 1. The number of hydrogen-bond acceptors (Lipinski definition) is 2. The van der Waals surface area contributed by atoms with Crippen LogP contribution in [0.5, 0.6) is 0 Å². The molecule has 0 spiro atoms. The zero-order valence-corrected chi connectivity index (χ0v) is 11.1. The van der Waals surface area contributed by atoms with E-state index < -0.39 is 0 Å². The maximum atomic E-state index is 13.7. The standard InChI is InChI=1S/C12H8BrClFNO/c13-7-1-2-8(15)12-10(7)11(14)6-5-17-4-3-9(6)16-12/h1-2H,3-5H2. The Bertz CT molecular complexity index is 617. The second-order valence-corrected chi connectivity index (χ2v) is 5.14. The highest BCUT2D eigenvalue weighted by molar-refractivity contribution is 9.10. The molecule has 0 radical (unpaired) electrons. The molecule has 88 valence electrons. The SMILES string of the molecule is Fc1ccc(Br)c2c(Cl)c3c(nc12)CCOC3. The van der Waals surface area contributed by atoms with E-state index in [1.807, 2.05) is 0 Å². The van der Waals surface area contributed by atoms with Crippen LogP contribution < -0.4 is 0 Å². The van der Waals surface area contributed by atoms with Crippen molar-refractivity contribution in [2.75, 3.05) is 6.61 Å². The van der Waals surface area contributed by atoms with Gasteiger partial charge in [0.25, 0.3) is 0 Å². The average Bonchev–Trinajstić information content (AvgIpc) is 2.34. The van der Waals surface area contributed by atoms with Crippen molar-refractivity contribution in [3.8, 4) is 0 Å². The maximum Gasteiger partial charge on any atom is 0.149 e. The first-order valence-corrected chi connectivity index (χ1v) is 6.38. The molecule has 2 nitrogen and oxygen atoms in total. The molecule has 1 aromatic heterocycles. The van der Waals surface area contributed by atoms with Crippen LogP contribution >= 0.6 is 27.5 Å². The summed E-state index contributed by atoms with van der Waals surface area (Å²) in [6.45, 7) is 1.05. The fraction of sp³-hybridized carbons (Fsp3) is 0.250. The molecule has 2 aromatic rings. The van der Waals surface area contributed by atoms with Crippen LogP contribution in [0.1, 0.15) is 11.3 Å². The molecule has 0 aliphatic carbocycles. The van der Waals surface area contributed by atoms with E-state index in [0.717, 1.165) is 15.7 Å². The van der Waals surface area contributed by atoms with E-state index in [0.29, 0.717) is 35.6 Å². The molecule has 17 heavy (non-hydrogen) atoms. The first-order chi connectivity index (χ1) is 8.18. The summed E-state index contributed by atoms with van der Waals surface area (Å²) in [5, 5.41) is 1.16. The van der Waals surface area contributed by atoms with E-state index >= 15 is 0 Å². The number of ether oxygens (including phenoxy) is 1. The predicted molar refractivity (Wildman–Crippen MR) is 67.8 cm³/mol. The van der Waals surface area contributed by atoms with E-state index in [1.54, 1.807) is 6.07 Å². The zero-order valence-electron chi connectivity index (χ0n) is 8.77. The number of pyridine rings is 1. The average molecular weight is 317 g/mol. The van der Waals surface area contributed by atoms with Crippen LogP contribution in [-0.4, -0.2) is 11.6 Å². The van der Waals surface area contributed by atoms with Gasteiger partial charge in [0, 0.05) is 21.8 Å². The first-order valence-electron chi connectivity index (χ1n) is 5.21. The fourth-order valence-corrected chi connectivity index (χ4v) is 3.02. The summed E-state index contributed by atoms with van der Waals surface area (Å²) in [6, 6.07) is 3.03. The van der Waals surface area contributed by atoms with Gasteiger partial charge in [-0.05, 0) is 12.1 Å². The molecule has 0 saturated carbocycles. The number of hydrogen-bond donors (Lipinski definition) is 0. The predicted octanol–water partition coefficient (Wildman–Crippen LogP) is 3.86. The monoisotopic (exact) mass is 315 g/mol. The van der Waals surface area contributed by atoms with Crippen LogP contribution in [-0.2, 0) is 17.8 Å². The Morgan fingerprint density at radius 3 is 3.06 bits per heavy atom. The number of benzene rings is 1. The lowest BCUT2D eigenvalue weighted by atomic mass is 10.1.